The molecule has 2 heterocycles. The average Bonchev–Trinajstić information content (AvgIpc) is 2.64. The minimum absolute atomic E-state index is 0.619. The van der Waals surface area contributed by atoms with Crippen LogP contribution in [0.25, 0.3) is 0 Å². The molecule has 1 aromatic carbocycles. The van der Waals surface area contributed by atoms with Gasteiger partial charge in [0.05, 0.1) is 11.1 Å². The van der Waals surface area contributed by atoms with Gasteiger partial charge in [0.25, 0.3) is 0 Å². The molecular formula is C21H26N2O2. The summed E-state index contributed by atoms with van der Waals surface area (Å²) in [6.45, 7) is 2.30. The topological polar surface area (TPSA) is 53.4 Å². The molecular weight excluding hydrogens is 312 g/mol. The third-order valence-corrected chi connectivity index (χ3v) is 5.18. The van der Waals surface area contributed by atoms with E-state index in [1.54, 1.807) is 6.20 Å². The minimum Gasteiger partial charge on any atom is -0.481 e. The normalized spacial score (nSPS) is 21.1. The molecule has 0 radical (unpaired) electrons. The number of aryl methyl sites for hydroxylation is 1. The second-order valence-corrected chi connectivity index (χ2v) is 7.06. The first-order chi connectivity index (χ1) is 12.2. The Kier molecular flexibility index (Phi) is 5.82. The van der Waals surface area contributed by atoms with Crippen LogP contribution >= 0.6 is 0 Å². The molecule has 0 spiro atoms. The first kappa shape index (κ1) is 17.6. The number of aliphatic carboxylic acids is 1. The molecule has 4 heteroatoms. The number of likely N-dealkylation sites (tertiary alicyclic amines) is 1. The Morgan fingerprint density at radius 2 is 1.96 bits per heavy atom. The van der Waals surface area contributed by atoms with Crippen LogP contribution in [0, 0.1) is 5.41 Å². The third-order valence-electron chi connectivity index (χ3n) is 5.18. The van der Waals surface area contributed by atoms with Gasteiger partial charge in [-0.25, -0.2) is 0 Å². The molecule has 0 amide bonds. The second-order valence-electron chi connectivity index (χ2n) is 7.06. The summed E-state index contributed by atoms with van der Waals surface area (Å²) in [5.74, 6) is -0.647. The smallest absolute Gasteiger partial charge is 0.310 e. The number of hydrogen-bond donors (Lipinski definition) is 1. The highest BCUT2D eigenvalue weighted by molar-refractivity contribution is 5.75. The molecule has 2 aromatic rings. The molecule has 0 aliphatic carbocycles. The highest BCUT2D eigenvalue weighted by Crippen LogP contribution is 2.36. The van der Waals surface area contributed by atoms with Crippen molar-refractivity contribution in [2.75, 3.05) is 13.1 Å². The van der Waals surface area contributed by atoms with E-state index in [1.165, 1.54) is 5.56 Å². The quantitative estimate of drug-likeness (QED) is 0.835. The van der Waals surface area contributed by atoms with E-state index < -0.39 is 11.4 Å². The van der Waals surface area contributed by atoms with Gasteiger partial charge < -0.3 is 5.11 Å². The molecule has 1 atom stereocenters. The minimum atomic E-state index is -0.647. The van der Waals surface area contributed by atoms with Crippen molar-refractivity contribution >= 4 is 5.97 Å². The number of piperidine rings is 1. The van der Waals surface area contributed by atoms with Crippen LogP contribution in [0.5, 0.6) is 0 Å². The lowest BCUT2D eigenvalue weighted by atomic mass is 9.75. The number of benzene rings is 1. The van der Waals surface area contributed by atoms with Crippen molar-refractivity contribution < 1.29 is 9.90 Å². The van der Waals surface area contributed by atoms with Gasteiger partial charge in [-0.15, -0.1) is 0 Å². The van der Waals surface area contributed by atoms with Gasteiger partial charge in [0, 0.05) is 19.3 Å². The van der Waals surface area contributed by atoms with Crippen LogP contribution in [0.4, 0.5) is 0 Å². The Hall–Kier alpha value is -2.20. The molecule has 1 fully saturated rings. The predicted molar refractivity (Wildman–Crippen MR) is 98.2 cm³/mol. The lowest BCUT2D eigenvalue weighted by Crippen LogP contribution is -2.47. The van der Waals surface area contributed by atoms with E-state index in [-0.39, 0.29) is 0 Å². The van der Waals surface area contributed by atoms with Crippen molar-refractivity contribution in [1.29, 1.82) is 0 Å². The van der Waals surface area contributed by atoms with Crippen molar-refractivity contribution in [3.05, 3.63) is 66.0 Å². The predicted octanol–water partition coefficient (Wildman–Crippen LogP) is 3.77. The summed E-state index contributed by atoms with van der Waals surface area (Å²) < 4.78 is 0. The van der Waals surface area contributed by atoms with Gasteiger partial charge in [-0.1, -0.05) is 36.4 Å². The van der Waals surface area contributed by atoms with E-state index in [0.717, 1.165) is 50.9 Å². The highest BCUT2D eigenvalue weighted by atomic mass is 16.4. The fourth-order valence-corrected chi connectivity index (χ4v) is 3.84. The van der Waals surface area contributed by atoms with E-state index in [4.69, 9.17) is 0 Å². The van der Waals surface area contributed by atoms with Gasteiger partial charge in [0.2, 0.25) is 0 Å². The summed E-state index contributed by atoms with van der Waals surface area (Å²) in [6, 6.07) is 16.2. The van der Waals surface area contributed by atoms with Crippen molar-refractivity contribution in [3.63, 3.8) is 0 Å². The molecule has 1 unspecified atom stereocenters. The fourth-order valence-electron chi connectivity index (χ4n) is 3.84. The zero-order chi connectivity index (χ0) is 17.5. The molecule has 132 valence electrons. The zero-order valence-corrected chi connectivity index (χ0v) is 14.6. The first-order valence-corrected chi connectivity index (χ1v) is 9.08. The number of nitrogens with zero attached hydrogens (tertiary/aromatic N) is 2. The van der Waals surface area contributed by atoms with Gasteiger partial charge in [-0.3, -0.25) is 14.7 Å². The number of pyridine rings is 1. The van der Waals surface area contributed by atoms with Gasteiger partial charge in [-0.2, -0.15) is 0 Å². The molecule has 25 heavy (non-hydrogen) atoms. The fraction of sp³-hybridized carbons (Fsp3) is 0.429. The number of hydrogen-bond acceptors (Lipinski definition) is 3. The standard InChI is InChI=1S/C21H26N2O2/c24-20(25)21(12-6-10-18-8-2-1-3-9-18)13-7-15-23(17-21)16-19-11-4-5-14-22-19/h1-5,8-9,11,14H,6-7,10,12-13,15-17H2,(H,24,25). The zero-order valence-electron chi connectivity index (χ0n) is 14.6. The number of rotatable bonds is 7. The second kappa shape index (κ2) is 8.26. The molecule has 4 nitrogen and oxygen atoms in total. The van der Waals surface area contributed by atoms with Gasteiger partial charge >= 0.3 is 5.97 Å². The van der Waals surface area contributed by atoms with Crippen molar-refractivity contribution in [1.82, 2.24) is 9.88 Å². The molecule has 1 aromatic heterocycles. The Balaban J connectivity index is 1.61. The molecule has 0 saturated carbocycles. The van der Waals surface area contributed by atoms with Crippen LogP contribution in [0.2, 0.25) is 0 Å². The molecule has 1 aliphatic heterocycles. The summed E-state index contributed by atoms with van der Waals surface area (Å²) >= 11 is 0. The van der Waals surface area contributed by atoms with E-state index in [2.05, 4.69) is 22.0 Å². The Labute approximate surface area is 149 Å². The van der Waals surface area contributed by atoms with Crippen LogP contribution in [0.3, 0.4) is 0 Å². The maximum Gasteiger partial charge on any atom is 0.310 e. The maximum atomic E-state index is 12.1. The number of carbonyl (C=O) groups is 1. The summed E-state index contributed by atoms with van der Waals surface area (Å²) in [4.78, 5) is 18.7. The molecule has 0 bridgehead atoms. The monoisotopic (exact) mass is 338 g/mol. The van der Waals surface area contributed by atoms with E-state index in [1.807, 2.05) is 36.4 Å². The third kappa shape index (κ3) is 4.67. The molecule has 3 rings (SSSR count). The first-order valence-electron chi connectivity index (χ1n) is 9.08. The Bertz CT molecular complexity index is 675. The maximum absolute atomic E-state index is 12.1. The summed E-state index contributed by atoms with van der Waals surface area (Å²) in [6.07, 6.45) is 6.09. The van der Waals surface area contributed by atoms with Gasteiger partial charge in [0.1, 0.15) is 0 Å². The average molecular weight is 338 g/mol. The highest BCUT2D eigenvalue weighted by Gasteiger charge is 2.41. The van der Waals surface area contributed by atoms with E-state index in [9.17, 15) is 9.90 Å². The van der Waals surface area contributed by atoms with Crippen LogP contribution in [0.1, 0.15) is 36.9 Å². The van der Waals surface area contributed by atoms with Crippen LogP contribution in [-0.4, -0.2) is 34.0 Å². The Morgan fingerprint density at radius 1 is 1.16 bits per heavy atom. The number of carboxylic acids is 1. The lowest BCUT2D eigenvalue weighted by Gasteiger charge is -2.40. The molecule has 1 saturated heterocycles. The number of carboxylic acid groups (broad SMARTS) is 1. The van der Waals surface area contributed by atoms with Crippen molar-refractivity contribution in [3.8, 4) is 0 Å². The van der Waals surface area contributed by atoms with Crippen molar-refractivity contribution in [2.45, 2.75) is 38.6 Å². The SMILES string of the molecule is O=C(O)C1(CCCc2ccccc2)CCCN(Cc2ccccn2)C1. The molecule has 1 N–H and O–H groups in total. The largest absolute Gasteiger partial charge is 0.481 e. The lowest BCUT2D eigenvalue weighted by molar-refractivity contribution is -0.153. The van der Waals surface area contributed by atoms with Crippen molar-refractivity contribution in [2.24, 2.45) is 5.41 Å². The Morgan fingerprint density at radius 3 is 2.68 bits per heavy atom. The van der Waals surface area contributed by atoms with Crippen LogP contribution in [0.15, 0.2) is 54.7 Å². The van der Waals surface area contributed by atoms with Gasteiger partial charge in [0.15, 0.2) is 0 Å². The number of aromatic nitrogens is 1. The summed E-state index contributed by atoms with van der Waals surface area (Å²) in [5.41, 5.74) is 1.67. The molecule has 1 aliphatic rings. The van der Waals surface area contributed by atoms with Gasteiger partial charge in [-0.05, 0) is 56.3 Å². The van der Waals surface area contributed by atoms with E-state index >= 15 is 0 Å². The van der Waals surface area contributed by atoms with E-state index in [0.29, 0.717) is 6.54 Å². The van der Waals surface area contributed by atoms with Crippen LogP contribution < -0.4 is 0 Å². The summed E-state index contributed by atoms with van der Waals surface area (Å²) in [7, 11) is 0. The van der Waals surface area contributed by atoms with Crippen LogP contribution in [-0.2, 0) is 17.8 Å². The summed E-state index contributed by atoms with van der Waals surface area (Å²) in [5, 5.41) is 9.93.